The van der Waals surface area contributed by atoms with Crippen molar-refractivity contribution in [1.82, 2.24) is 9.78 Å². The average Bonchev–Trinajstić information content (AvgIpc) is 2.79. The molecule has 0 aliphatic rings. The molecule has 1 unspecified atom stereocenters. The van der Waals surface area contributed by atoms with Gasteiger partial charge in [0.15, 0.2) is 0 Å². The van der Waals surface area contributed by atoms with Gasteiger partial charge in [0.1, 0.15) is 6.04 Å². The number of hydrogen-bond acceptors (Lipinski definition) is 3. The first-order valence-electron chi connectivity index (χ1n) is 5.47. The van der Waals surface area contributed by atoms with Gasteiger partial charge in [0.05, 0.1) is 11.2 Å². The lowest BCUT2D eigenvalue weighted by molar-refractivity contribution is -0.117. The van der Waals surface area contributed by atoms with Crippen LogP contribution in [-0.2, 0) is 11.8 Å². The monoisotopic (exact) mass is 342 g/mol. The summed E-state index contributed by atoms with van der Waals surface area (Å²) in [4.78, 5) is 12.0. The number of amides is 1. The van der Waals surface area contributed by atoms with Gasteiger partial charge in [-0.25, -0.2) is 0 Å². The number of nitrogens with one attached hydrogen (secondary N) is 1. The number of carbonyl (C=O) groups excluding carboxylic acids is 1. The van der Waals surface area contributed by atoms with Crippen molar-refractivity contribution >= 4 is 39.1 Å². The summed E-state index contributed by atoms with van der Waals surface area (Å²) >= 11 is 9.24. The minimum absolute atomic E-state index is 0.314. The normalized spacial score (nSPS) is 12.2. The van der Waals surface area contributed by atoms with E-state index in [0.717, 1.165) is 4.47 Å². The molecule has 0 spiro atoms. The molecular formula is C12H12BrClN4O. The van der Waals surface area contributed by atoms with Crippen molar-refractivity contribution in [3.63, 3.8) is 0 Å². The van der Waals surface area contributed by atoms with Crippen LogP contribution in [0.3, 0.4) is 0 Å². The zero-order valence-corrected chi connectivity index (χ0v) is 12.4. The third kappa shape index (κ3) is 3.34. The first-order valence-corrected chi connectivity index (χ1v) is 6.64. The summed E-state index contributed by atoms with van der Waals surface area (Å²) < 4.78 is 2.36. The Hall–Kier alpha value is -1.37. The summed E-state index contributed by atoms with van der Waals surface area (Å²) in [5.74, 6) is -0.314. The van der Waals surface area contributed by atoms with E-state index in [0.29, 0.717) is 16.3 Å². The number of halogens is 2. The van der Waals surface area contributed by atoms with Gasteiger partial charge >= 0.3 is 0 Å². The second-order valence-corrected chi connectivity index (χ2v) is 5.30. The number of rotatable bonds is 3. The SMILES string of the molecule is Cn1cc(C(N)C(=O)Nc2ccc(Br)c(Cl)c2)cn1. The largest absolute Gasteiger partial charge is 0.324 e. The molecule has 2 rings (SSSR count). The maximum absolute atomic E-state index is 12.0. The first-order chi connectivity index (χ1) is 8.97. The number of nitrogens with zero attached hydrogens (tertiary/aromatic N) is 2. The molecule has 0 aliphatic carbocycles. The molecule has 1 amide bonds. The third-order valence-electron chi connectivity index (χ3n) is 2.55. The van der Waals surface area contributed by atoms with Crippen molar-refractivity contribution < 1.29 is 4.79 Å². The Kier molecular flexibility index (Phi) is 4.24. The summed E-state index contributed by atoms with van der Waals surface area (Å²) in [6.45, 7) is 0. The van der Waals surface area contributed by atoms with Crippen LogP contribution < -0.4 is 11.1 Å². The Morgan fingerprint density at radius 2 is 2.32 bits per heavy atom. The van der Waals surface area contributed by atoms with Crippen LogP contribution in [0.25, 0.3) is 0 Å². The van der Waals surface area contributed by atoms with Gasteiger partial charge in [0.2, 0.25) is 5.91 Å². The Morgan fingerprint density at radius 1 is 1.58 bits per heavy atom. The lowest BCUT2D eigenvalue weighted by Crippen LogP contribution is -2.27. The molecule has 0 aliphatic heterocycles. The van der Waals surface area contributed by atoms with Crippen molar-refractivity contribution in [2.45, 2.75) is 6.04 Å². The molecule has 1 atom stereocenters. The van der Waals surface area contributed by atoms with Crippen LogP contribution in [0.4, 0.5) is 5.69 Å². The van der Waals surface area contributed by atoms with Crippen molar-refractivity contribution in [2.24, 2.45) is 12.8 Å². The van der Waals surface area contributed by atoms with Crippen molar-refractivity contribution in [3.05, 3.63) is 45.7 Å². The average molecular weight is 344 g/mol. The lowest BCUT2D eigenvalue weighted by Gasteiger charge is -2.11. The van der Waals surface area contributed by atoms with Crippen molar-refractivity contribution in [2.75, 3.05) is 5.32 Å². The summed E-state index contributed by atoms with van der Waals surface area (Å²) in [6, 6.07) is 4.38. The molecule has 1 aromatic carbocycles. The number of aromatic nitrogens is 2. The predicted octanol–water partition coefficient (Wildman–Crippen LogP) is 2.47. The van der Waals surface area contributed by atoms with Crippen LogP contribution in [0.1, 0.15) is 11.6 Å². The minimum atomic E-state index is -0.767. The lowest BCUT2D eigenvalue weighted by atomic mass is 10.1. The van der Waals surface area contributed by atoms with Crippen LogP contribution >= 0.6 is 27.5 Å². The Morgan fingerprint density at radius 3 is 2.89 bits per heavy atom. The number of anilines is 1. The summed E-state index contributed by atoms with van der Waals surface area (Å²) in [6.07, 6.45) is 3.28. The van der Waals surface area contributed by atoms with E-state index in [1.54, 1.807) is 42.3 Å². The maximum Gasteiger partial charge on any atom is 0.246 e. The van der Waals surface area contributed by atoms with Crippen molar-refractivity contribution in [1.29, 1.82) is 0 Å². The van der Waals surface area contributed by atoms with Gasteiger partial charge in [0.25, 0.3) is 0 Å². The number of carbonyl (C=O) groups is 1. The molecule has 0 radical (unpaired) electrons. The van der Waals surface area contributed by atoms with Crippen LogP contribution in [0.5, 0.6) is 0 Å². The van der Waals surface area contributed by atoms with Crippen LogP contribution in [0.15, 0.2) is 35.1 Å². The van der Waals surface area contributed by atoms with Gasteiger partial charge in [-0.2, -0.15) is 5.10 Å². The molecule has 3 N–H and O–H groups in total. The highest BCUT2D eigenvalue weighted by Gasteiger charge is 2.17. The first kappa shape index (κ1) is 14.0. The standard InChI is InChI=1S/C12H12BrClN4O/c1-18-6-7(5-16-18)11(15)12(19)17-8-2-3-9(13)10(14)4-8/h2-6,11H,15H2,1H3,(H,17,19). The molecule has 1 aromatic heterocycles. The molecule has 1 heterocycles. The Labute approximate surface area is 123 Å². The zero-order chi connectivity index (χ0) is 14.0. The fourth-order valence-electron chi connectivity index (χ4n) is 1.55. The van der Waals surface area contributed by atoms with E-state index in [1.165, 1.54) is 0 Å². The van der Waals surface area contributed by atoms with E-state index < -0.39 is 6.04 Å². The maximum atomic E-state index is 12.0. The van der Waals surface area contributed by atoms with Gasteiger partial charge in [-0.3, -0.25) is 9.48 Å². The van der Waals surface area contributed by atoms with E-state index in [1.807, 2.05) is 0 Å². The van der Waals surface area contributed by atoms with E-state index in [2.05, 4.69) is 26.3 Å². The van der Waals surface area contributed by atoms with Gasteiger partial charge < -0.3 is 11.1 Å². The topological polar surface area (TPSA) is 72.9 Å². The molecule has 100 valence electrons. The van der Waals surface area contributed by atoms with E-state index in [-0.39, 0.29) is 5.91 Å². The highest BCUT2D eigenvalue weighted by atomic mass is 79.9. The number of benzene rings is 1. The van der Waals surface area contributed by atoms with Crippen molar-refractivity contribution in [3.8, 4) is 0 Å². The predicted molar refractivity (Wildman–Crippen MR) is 77.9 cm³/mol. The summed E-state index contributed by atoms with van der Waals surface area (Å²) in [5.41, 5.74) is 7.11. The van der Waals surface area contributed by atoms with E-state index in [4.69, 9.17) is 17.3 Å². The van der Waals surface area contributed by atoms with Gasteiger partial charge in [-0.15, -0.1) is 0 Å². The molecule has 19 heavy (non-hydrogen) atoms. The molecule has 0 saturated carbocycles. The molecule has 0 saturated heterocycles. The van der Waals surface area contributed by atoms with Crippen LogP contribution in [0.2, 0.25) is 5.02 Å². The number of hydrogen-bond donors (Lipinski definition) is 2. The molecule has 0 fully saturated rings. The highest BCUT2D eigenvalue weighted by molar-refractivity contribution is 9.10. The number of nitrogens with two attached hydrogens (primary N) is 1. The van der Waals surface area contributed by atoms with E-state index >= 15 is 0 Å². The van der Waals surface area contributed by atoms with Crippen LogP contribution in [0, 0.1) is 0 Å². The quantitative estimate of drug-likeness (QED) is 0.899. The summed E-state index contributed by atoms with van der Waals surface area (Å²) in [5, 5.41) is 7.21. The van der Waals surface area contributed by atoms with E-state index in [9.17, 15) is 4.79 Å². The molecular weight excluding hydrogens is 332 g/mol. The number of aryl methyl sites for hydroxylation is 1. The van der Waals surface area contributed by atoms with Crippen LogP contribution in [-0.4, -0.2) is 15.7 Å². The van der Waals surface area contributed by atoms with Gasteiger partial charge in [-0.05, 0) is 34.1 Å². The fourth-order valence-corrected chi connectivity index (χ4v) is 1.97. The Bertz CT molecular complexity index is 614. The third-order valence-corrected chi connectivity index (χ3v) is 3.79. The van der Waals surface area contributed by atoms with Gasteiger partial charge in [-0.1, -0.05) is 11.6 Å². The van der Waals surface area contributed by atoms with Gasteiger partial charge in [0, 0.05) is 29.0 Å². The Balaban J connectivity index is 2.10. The highest BCUT2D eigenvalue weighted by Crippen LogP contribution is 2.26. The molecule has 2 aromatic rings. The fraction of sp³-hybridized carbons (Fsp3) is 0.167. The minimum Gasteiger partial charge on any atom is -0.324 e. The molecule has 0 bridgehead atoms. The summed E-state index contributed by atoms with van der Waals surface area (Å²) in [7, 11) is 1.77. The molecule has 7 heteroatoms. The second kappa shape index (κ2) is 5.73. The zero-order valence-electron chi connectivity index (χ0n) is 10.1. The second-order valence-electron chi connectivity index (χ2n) is 4.04. The smallest absolute Gasteiger partial charge is 0.246 e. The molecule has 5 nitrogen and oxygen atoms in total.